The first-order valence-electron chi connectivity index (χ1n) is 5.70. The van der Waals surface area contributed by atoms with Crippen LogP contribution < -0.4 is 11.2 Å². The summed E-state index contributed by atoms with van der Waals surface area (Å²) in [6.07, 6.45) is -4.36. The predicted octanol–water partition coefficient (Wildman–Crippen LogP) is -1.41. The molecule has 4 atom stereocenters. The van der Waals surface area contributed by atoms with Gasteiger partial charge in [-0.1, -0.05) is 0 Å². The highest BCUT2D eigenvalue weighted by atomic mass is 19.1. The number of alkyl halides is 1. The second kappa shape index (κ2) is 5.40. The number of aliphatic hydroxyl groups excluding tert-OH is 1. The van der Waals surface area contributed by atoms with Gasteiger partial charge >= 0.3 is 5.69 Å². The summed E-state index contributed by atoms with van der Waals surface area (Å²) in [5.74, 6) is -1.28. The van der Waals surface area contributed by atoms with Crippen LogP contribution in [0.5, 0.6) is 0 Å². The lowest BCUT2D eigenvalue weighted by Crippen LogP contribution is -2.45. The first kappa shape index (κ1) is 14.8. The molecule has 0 aliphatic carbocycles. The fraction of sp³-hybridized carbons (Fsp3) is 0.600. The summed E-state index contributed by atoms with van der Waals surface area (Å²) < 4.78 is 32.7. The number of aromatic nitrogens is 2. The smallest absolute Gasteiger partial charge is 0.330 e. The minimum Gasteiger partial charge on any atom is -0.394 e. The van der Waals surface area contributed by atoms with E-state index in [1.165, 1.54) is 0 Å². The normalized spacial score (nSPS) is 30.1. The Labute approximate surface area is 110 Å². The molecule has 2 rings (SSSR count). The van der Waals surface area contributed by atoms with Gasteiger partial charge in [0.25, 0.3) is 5.56 Å². The van der Waals surface area contributed by atoms with Crippen molar-refractivity contribution in [3.05, 3.63) is 32.9 Å². The summed E-state index contributed by atoms with van der Waals surface area (Å²) in [6, 6.07) is -1.29. The maximum Gasteiger partial charge on any atom is 0.330 e. The summed E-state index contributed by atoms with van der Waals surface area (Å²) >= 11 is 0. The number of hydrogen-bond donors (Lipinski definition) is 3. The van der Waals surface area contributed by atoms with Crippen molar-refractivity contribution >= 4 is 0 Å². The Balaban J connectivity index is 2.48. The molecule has 0 radical (unpaired) electrons. The second-order valence-electron chi connectivity index (χ2n) is 4.37. The molecule has 0 saturated carbocycles. The van der Waals surface area contributed by atoms with Gasteiger partial charge in [-0.05, 0) is 0 Å². The number of aliphatic hydroxyl groups is 1. The van der Waals surface area contributed by atoms with E-state index in [0.29, 0.717) is 11.3 Å². The van der Waals surface area contributed by atoms with Gasteiger partial charge in [-0.15, -0.1) is 0 Å². The average Bonchev–Trinajstić information content (AvgIpc) is 2.72. The monoisotopic (exact) mass is 293 g/mol. The number of nitrogens with one attached hydrogen (secondary N) is 1. The van der Waals surface area contributed by atoms with E-state index in [4.69, 9.17) is 9.84 Å². The molecule has 1 fully saturated rings. The number of ether oxygens (including phenoxy) is 1. The van der Waals surface area contributed by atoms with Crippen LogP contribution in [0.4, 0.5) is 8.78 Å². The van der Waals surface area contributed by atoms with Crippen LogP contribution in [0.15, 0.2) is 15.8 Å². The highest BCUT2D eigenvalue weighted by Gasteiger charge is 2.48. The number of hydroxylamine groups is 2. The number of halogens is 2. The van der Waals surface area contributed by atoms with E-state index in [1.54, 1.807) is 0 Å². The zero-order valence-electron chi connectivity index (χ0n) is 10.4. The molecule has 1 aliphatic rings. The highest BCUT2D eigenvalue weighted by Crippen LogP contribution is 2.32. The van der Waals surface area contributed by atoms with E-state index in [-0.39, 0.29) is 4.57 Å². The van der Waals surface area contributed by atoms with E-state index in [1.807, 2.05) is 4.98 Å². The summed E-state index contributed by atoms with van der Waals surface area (Å²) in [5, 5.41) is 18.9. The van der Waals surface area contributed by atoms with Gasteiger partial charge in [-0.2, -0.15) is 9.45 Å². The summed E-state index contributed by atoms with van der Waals surface area (Å²) in [4.78, 5) is 25.1. The van der Waals surface area contributed by atoms with Gasteiger partial charge in [0.05, 0.1) is 12.6 Å². The third kappa shape index (κ3) is 2.26. The molecule has 0 aromatic carbocycles. The van der Waals surface area contributed by atoms with Gasteiger partial charge in [-0.3, -0.25) is 4.79 Å². The van der Waals surface area contributed by atoms with Gasteiger partial charge in [0, 0.05) is 13.2 Å². The van der Waals surface area contributed by atoms with Gasteiger partial charge in [-0.25, -0.2) is 13.8 Å². The maximum atomic E-state index is 14.2. The van der Waals surface area contributed by atoms with Gasteiger partial charge in [0.15, 0.2) is 12.4 Å². The van der Waals surface area contributed by atoms with Crippen LogP contribution in [0.2, 0.25) is 0 Å². The van der Waals surface area contributed by atoms with E-state index in [9.17, 15) is 23.6 Å². The van der Waals surface area contributed by atoms with Crippen LogP contribution in [0.1, 0.15) is 6.23 Å². The Kier molecular flexibility index (Phi) is 3.99. The summed E-state index contributed by atoms with van der Waals surface area (Å²) in [5.41, 5.74) is -2.40. The number of hydrogen-bond acceptors (Lipinski definition) is 6. The standard InChI is InChI=1S/C10H13F2N3O5/c1-14(19)7-5(3-16)20-9(6(7)12)15-8(17)4(11)2-13-10(15)18/h2,5-7,9,16,19H,3H2,1H3,(H,13,18)/t5-,6+,7-,9?/m1/s1. The van der Waals surface area contributed by atoms with Gasteiger partial charge < -0.3 is 20.0 Å². The zero-order valence-corrected chi connectivity index (χ0v) is 10.4. The number of rotatable bonds is 3. The van der Waals surface area contributed by atoms with Crippen LogP contribution in [0.25, 0.3) is 0 Å². The van der Waals surface area contributed by atoms with Crippen molar-refractivity contribution in [2.24, 2.45) is 0 Å². The van der Waals surface area contributed by atoms with Crippen molar-refractivity contribution in [1.29, 1.82) is 0 Å². The van der Waals surface area contributed by atoms with Crippen molar-refractivity contribution < 1.29 is 23.8 Å². The fourth-order valence-corrected chi connectivity index (χ4v) is 2.20. The number of aromatic amines is 1. The Morgan fingerprint density at radius 3 is 2.70 bits per heavy atom. The van der Waals surface area contributed by atoms with E-state index in [0.717, 1.165) is 7.05 Å². The lowest BCUT2D eigenvalue weighted by molar-refractivity contribution is -0.134. The molecule has 0 amide bonds. The van der Waals surface area contributed by atoms with E-state index < -0.39 is 48.2 Å². The zero-order chi connectivity index (χ0) is 15.0. The maximum absolute atomic E-state index is 14.2. The van der Waals surface area contributed by atoms with E-state index in [2.05, 4.69) is 0 Å². The van der Waals surface area contributed by atoms with Crippen molar-refractivity contribution in [2.75, 3.05) is 13.7 Å². The SMILES string of the molecule is CN(O)[C@H]1[C@H](F)C(n2c(=O)[nH]cc(F)c2=O)O[C@@H]1CO. The molecule has 1 aromatic heterocycles. The predicted molar refractivity (Wildman–Crippen MR) is 60.5 cm³/mol. The molecule has 112 valence electrons. The van der Waals surface area contributed by atoms with Crippen LogP contribution in [0.3, 0.4) is 0 Å². The molecule has 2 heterocycles. The third-order valence-electron chi connectivity index (χ3n) is 3.12. The van der Waals surface area contributed by atoms with Crippen molar-refractivity contribution in [3.63, 3.8) is 0 Å². The largest absolute Gasteiger partial charge is 0.394 e. The second-order valence-corrected chi connectivity index (χ2v) is 4.37. The Morgan fingerprint density at radius 2 is 2.20 bits per heavy atom. The van der Waals surface area contributed by atoms with Gasteiger partial charge in [0.2, 0.25) is 5.82 Å². The van der Waals surface area contributed by atoms with Gasteiger partial charge in [0.1, 0.15) is 6.10 Å². The van der Waals surface area contributed by atoms with E-state index >= 15 is 0 Å². The number of H-pyrrole nitrogens is 1. The molecular weight excluding hydrogens is 280 g/mol. The molecule has 8 nitrogen and oxygen atoms in total. The highest BCUT2D eigenvalue weighted by molar-refractivity contribution is 4.97. The van der Waals surface area contributed by atoms with Crippen LogP contribution in [-0.4, -0.2) is 56.9 Å². The lowest BCUT2D eigenvalue weighted by atomic mass is 10.1. The molecule has 1 aliphatic heterocycles. The molecule has 1 saturated heterocycles. The minimum absolute atomic E-state index is 0.242. The molecular formula is C10H13F2N3O5. The molecule has 10 heteroatoms. The average molecular weight is 293 g/mol. The Bertz CT molecular complexity index is 601. The Hall–Kier alpha value is -1.62. The first-order chi connectivity index (χ1) is 9.38. The van der Waals surface area contributed by atoms with Crippen LogP contribution in [-0.2, 0) is 4.74 Å². The summed E-state index contributed by atoms with van der Waals surface area (Å²) in [7, 11) is 1.13. The fourth-order valence-electron chi connectivity index (χ4n) is 2.20. The number of nitrogens with zero attached hydrogens (tertiary/aromatic N) is 2. The topological polar surface area (TPSA) is 108 Å². The molecule has 3 N–H and O–H groups in total. The van der Waals surface area contributed by atoms with Crippen molar-refractivity contribution in [2.45, 2.75) is 24.5 Å². The number of likely N-dealkylation sites (N-methyl/N-ethyl adjacent to an activating group) is 1. The molecule has 0 spiro atoms. The third-order valence-corrected chi connectivity index (χ3v) is 3.12. The van der Waals surface area contributed by atoms with Crippen molar-refractivity contribution in [1.82, 2.24) is 14.6 Å². The summed E-state index contributed by atoms with van der Waals surface area (Å²) in [6.45, 7) is -0.644. The van der Waals surface area contributed by atoms with Crippen molar-refractivity contribution in [3.8, 4) is 0 Å². The molecule has 20 heavy (non-hydrogen) atoms. The molecule has 1 unspecified atom stereocenters. The lowest BCUT2D eigenvalue weighted by Gasteiger charge is -2.22. The molecule has 0 bridgehead atoms. The van der Waals surface area contributed by atoms with Crippen LogP contribution in [0, 0.1) is 5.82 Å². The first-order valence-corrected chi connectivity index (χ1v) is 5.70. The quantitative estimate of drug-likeness (QED) is 0.591. The molecule has 1 aromatic rings. The van der Waals surface area contributed by atoms with Crippen LogP contribution >= 0.6 is 0 Å². The Morgan fingerprint density at radius 1 is 1.55 bits per heavy atom. The minimum atomic E-state index is -2.01.